The predicted octanol–water partition coefficient (Wildman–Crippen LogP) is 0.290. The Morgan fingerprint density at radius 3 is 2.67 bits per heavy atom. The van der Waals surface area contributed by atoms with Crippen molar-refractivity contribution in [2.75, 3.05) is 40.4 Å². The highest BCUT2D eigenvalue weighted by Crippen LogP contribution is 2.53. The van der Waals surface area contributed by atoms with Crippen molar-refractivity contribution in [2.45, 2.75) is 107 Å². The first kappa shape index (κ1) is 28.4. The molecule has 4 saturated heterocycles. The van der Waals surface area contributed by atoms with Gasteiger partial charge >= 0.3 is 0 Å². The van der Waals surface area contributed by atoms with Crippen LogP contribution in [0.1, 0.15) is 64.7 Å². The second kappa shape index (κ2) is 11.9. The molecule has 40 heavy (non-hydrogen) atoms. The summed E-state index contributed by atoms with van der Waals surface area (Å²) in [5.74, 6) is 1.58. The number of fused-ring (bicyclic) bond motifs is 5. The van der Waals surface area contributed by atoms with E-state index in [1.54, 1.807) is 14.2 Å². The number of hydrogen-bond donors (Lipinski definition) is 2. The van der Waals surface area contributed by atoms with E-state index in [1.165, 1.54) is 0 Å². The molecule has 11 atom stereocenters. The lowest BCUT2D eigenvalue weighted by atomic mass is 9.64. The summed E-state index contributed by atoms with van der Waals surface area (Å²) in [5, 5.41) is 5.53. The van der Waals surface area contributed by atoms with Crippen LogP contribution in [-0.4, -0.2) is 110 Å². The molecule has 4 heterocycles. The van der Waals surface area contributed by atoms with Gasteiger partial charge in [0, 0.05) is 58.7 Å². The van der Waals surface area contributed by atoms with E-state index in [0.717, 1.165) is 64.5 Å². The quantitative estimate of drug-likeness (QED) is 0.391. The van der Waals surface area contributed by atoms with Crippen LogP contribution >= 0.6 is 0 Å². The average Bonchev–Trinajstić information content (AvgIpc) is 3.53. The van der Waals surface area contributed by atoms with Crippen LogP contribution in [0.15, 0.2) is 0 Å². The summed E-state index contributed by atoms with van der Waals surface area (Å²) in [5.41, 5.74) is 0. The maximum atomic E-state index is 14.2. The Hall–Kier alpha value is -1.75. The van der Waals surface area contributed by atoms with Gasteiger partial charge in [0.15, 0.2) is 0 Å². The van der Waals surface area contributed by atoms with Gasteiger partial charge in [-0.15, -0.1) is 0 Å². The van der Waals surface area contributed by atoms with E-state index in [9.17, 15) is 14.4 Å². The summed E-state index contributed by atoms with van der Waals surface area (Å²) < 4.78 is 18.1. The number of carbonyl (C=O) groups is 3. The highest BCUT2D eigenvalue weighted by Gasteiger charge is 2.66. The Balaban J connectivity index is 1.07. The molecule has 3 amide bonds. The molecule has 2 aliphatic carbocycles. The molecule has 6 aliphatic rings. The van der Waals surface area contributed by atoms with Crippen LogP contribution in [0.4, 0.5) is 0 Å². The lowest BCUT2D eigenvalue weighted by Gasteiger charge is -2.53. The standard InChI is InChI=1S/C30H48N4O6/c1-17(29(36)32-12-5-15-33-14-4-6-24(33)35)40-18-7-9-22-21(16-18)19-11-13-31-26-20-8-10-23(38-2)28(39-3)25(20)30(37)34(22)27(19)26/h17-23,25-28,31H,4-16H2,1-3H3,(H,32,36)/p+1/t17-,18?,19?,20?,21?,22?,23?,25?,26?,27?,28?/m1/s1. The van der Waals surface area contributed by atoms with Crippen LogP contribution in [0.25, 0.3) is 0 Å². The third-order valence-corrected chi connectivity index (χ3v) is 11.2. The van der Waals surface area contributed by atoms with E-state index in [2.05, 4.69) is 15.5 Å². The predicted molar refractivity (Wildman–Crippen MR) is 146 cm³/mol. The first-order valence-corrected chi connectivity index (χ1v) is 15.8. The fourth-order valence-electron chi connectivity index (χ4n) is 9.54. The van der Waals surface area contributed by atoms with Crippen LogP contribution in [0.2, 0.25) is 0 Å². The van der Waals surface area contributed by atoms with E-state index in [1.807, 2.05) is 11.8 Å². The number of carbonyl (C=O) groups excluding carboxylic acids is 3. The van der Waals surface area contributed by atoms with Crippen molar-refractivity contribution in [3.8, 4) is 0 Å². The van der Waals surface area contributed by atoms with Crippen LogP contribution < -0.4 is 10.6 Å². The summed E-state index contributed by atoms with van der Waals surface area (Å²) in [7, 11) is 3.47. The zero-order chi connectivity index (χ0) is 28.0. The topological polar surface area (TPSA) is 114 Å². The van der Waals surface area contributed by atoms with Gasteiger partial charge in [-0.25, -0.2) is 0 Å². The molecule has 10 heteroatoms. The minimum Gasteiger partial charge on any atom is -0.379 e. The van der Waals surface area contributed by atoms with E-state index >= 15 is 0 Å². The van der Waals surface area contributed by atoms with Crippen molar-refractivity contribution in [3.63, 3.8) is 0 Å². The van der Waals surface area contributed by atoms with Gasteiger partial charge in [0.25, 0.3) is 0 Å². The Morgan fingerprint density at radius 1 is 1.07 bits per heavy atom. The second-order valence-electron chi connectivity index (χ2n) is 13.1. The zero-order valence-electron chi connectivity index (χ0n) is 24.5. The molecule has 0 bridgehead atoms. The summed E-state index contributed by atoms with van der Waals surface area (Å²) in [6.45, 7) is 5.05. The van der Waals surface area contributed by atoms with Crippen LogP contribution in [0.3, 0.4) is 0 Å². The number of nitrogens with zero attached hydrogens (tertiary/aromatic N) is 2. The SMILES string of the molecule is COC1CCC2C3[NH2+]CCC4C5CC(O[C@H](C)C(=O)NCCCN6CCCC6=O)CCC5N(C(=O)C2C1OC)C43. The first-order chi connectivity index (χ1) is 19.4. The van der Waals surface area contributed by atoms with Crippen LogP contribution in [-0.2, 0) is 28.6 Å². The van der Waals surface area contributed by atoms with Crippen molar-refractivity contribution in [3.05, 3.63) is 0 Å². The minimum atomic E-state index is -0.510. The number of quaternary nitrogens is 1. The summed E-state index contributed by atoms with van der Waals surface area (Å²) in [6.07, 6.45) is 7.51. The van der Waals surface area contributed by atoms with Crippen molar-refractivity contribution in [2.24, 2.45) is 23.7 Å². The summed E-state index contributed by atoms with van der Waals surface area (Å²) in [6, 6.07) is 0.994. The smallest absolute Gasteiger partial charge is 0.248 e. The fourth-order valence-corrected chi connectivity index (χ4v) is 9.54. The minimum absolute atomic E-state index is 0.0241. The van der Waals surface area contributed by atoms with Crippen molar-refractivity contribution < 1.29 is 33.9 Å². The third kappa shape index (κ3) is 4.96. The maximum absolute atomic E-state index is 14.2. The van der Waals surface area contributed by atoms with E-state index < -0.39 is 6.10 Å². The molecule has 4 aliphatic heterocycles. The Kier molecular flexibility index (Phi) is 8.41. The Morgan fingerprint density at radius 2 is 1.93 bits per heavy atom. The summed E-state index contributed by atoms with van der Waals surface area (Å²) >= 11 is 0. The molecule has 10 unspecified atom stereocenters. The molecular weight excluding hydrogens is 512 g/mol. The van der Waals surface area contributed by atoms with Gasteiger partial charge in [0.1, 0.15) is 12.1 Å². The van der Waals surface area contributed by atoms with Gasteiger partial charge in [-0.3, -0.25) is 14.4 Å². The van der Waals surface area contributed by atoms with Gasteiger partial charge in [0.05, 0.1) is 36.8 Å². The highest BCUT2D eigenvalue weighted by atomic mass is 16.5. The monoisotopic (exact) mass is 561 g/mol. The maximum Gasteiger partial charge on any atom is 0.248 e. The third-order valence-electron chi connectivity index (χ3n) is 11.2. The molecule has 224 valence electrons. The Bertz CT molecular complexity index is 964. The van der Waals surface area contributed by atoms with Crippen LogP contribution in [0.5, 0.6) is 0 Å². The number of nitrogens with one attached hydrogen (secondary N) is 1. The van der Waals surface area contributed by atoms with Crippen molar-refractivity contribution in [1.29, 1.82) is 0 Å². The number of amides is 3. The van der Waals surface area contributed by atoms with Crippen molar-refractivity contribution >= 4 is 17.7 Å². The number of methoxy groups -OCH3 is 2. The number of piperidine rings is 2. The molecule has 0 aromatic heterocycles. The fraction of sp³-hybridized carbons (Fsp3) is 0.900. The zero-order valence-corrected chi connectivity index (χ0v) is 24.5. The molecule has 6 fully saturated rings. The highest BCUT2D eigenvalue weighted by molar-refractivity contribution is 5.83. The van der Waals surface area contributed by atoms with Gasteiger partial charge in [-0.1, -0.05) is 0 Å². The van der Waals surface area contributed by atoms with Gasteiger partial charge < -0.3 is 34.6 Å². The molecule has 0 spiro atoms. The van der Waals surface area contributed by atoms with E-state index in [-0.39, 0.29) is 48.0 Å². The molecule has 2 saturated carbocycles. The molecule has 3 N–H and O–H groups in total. The Labute approximate surface area is 238 Å². The van der Waals surface area contributed by atoms with E-state index in [0.29, 0.717) is 49.3 Å². The average molecular weight is 562 g/mol. The normalized spacial score (nSPS) is 41.4. The largest absolute Gasteiger partial charge is 0.379 e. The number of likely N-dealkylation sites (tertiary alicyclic amines) is 1. The molecule has 0 aromatic rings. The van der Waals surface area contributed by atoms with Gasteiger partial charge in [0.2, 0.25) is 17.7 Å². The van der Waals surface area contributed by atoms with Crippen molar-refractivity contribution in [1.82, 2.24) is 15.1 Å². The number of ether oxygens (including phenoxy) is 3. The van der Waals surface area contributed by atoms with E-state index in [4.69, 9.17) is 14.2 Å². The van der Waals surface area contributed by atoms with Crippen LogP contribution in [0, 0.1) is 23.7 Å². The molecule has 0 aromatic carbocycles. The lowest BCUT2D eigenvalue weighted by Crippen LogP contribution is -2.99. The first-order valence-electron chi connectivity index (χ1n) is 15.8. The molecule has 0 radical (unpaired) electrons. The number of rotatable bonds is 9. The van der Waals surface area contributed by atoms with Gasteiger partial charge in [-0.05, 0) is 63.7 Å². The van der Waals surface area contributed by atoms with Gasteiger partial charge in [-0.2, -0.15) is 0 Å². The molecule has 10 nitrogen and oxygen atoms in total. The molecule has 6 rings (SSSR count). The number of nitrogens with two attached hydrogens (primary N) is 1. The second-order valence-corrected chi connectivity index (χ2v) is 13.1. The molecular formula is C30H49N4O6+. The lowest BCUT2D eigenvalue weighted by molar-refractivity contribution is -0.713. The summed E-state index contributed by atoms with van der Waals surface area (Å²) in [4.78, 5) is 43.0. The number of hydrogen-bond acceptors (Lipinski definition) is 6.